The predicted molar refractivity (Wildman–Crippen MR) is 58.6 cm³/mol. The van der Waals surface area contributed by atoms with Gasteiger partial charge in [-0.15, -0.1) is 0 Å². The van der Waals surface area contributed by atoms with Crippen LogP contribution < -0.4 is 5.32 Å². The van der Waals surface area contributed by atoms with Crippen molar-refractivity contribution in [3.8, 4) is 0 Å². The van der Waals surface area contributed by atoms with Crippen molar-refractivity contribution >= 4 is 0 Å². The molecule has 0 unspecified atom stereocenters. The van der Waals surface area contributed by atoms with Gasteiger partial charge in [0.25, 0.3) is 0 Å². The maximum absolute atomic E-state index is 4.48. The summed E-state index contributed by atoms with van der Waals surface area (Å²) in [6.07, 6.45) is 3.99. The van der Waals surface area contributed by atoms with Gasteiger partial charge in [0.2, 0.25) is 0 Å². The second-order valence-electron chi connectivity index (χ2n) is 4.59. The predicted octanol–water partition coefficient (Wildman–Crippen LogP) is 0.391. The first-order valence-electron chi connectivity index (χ1n) is 5.92. The lowest BCUT2D eigenvalue weighted by atomic mass is 10.0. The topological polar surface area (TPSA) is 20.6 Å². The molecule has 0 aromatic carbocycles. The summed E-state index contributed by atoms with van der Waals surface area (Å²) in [6.45, 7) is 7.18. The fourth-order valence-corrected chi connectivity index (χ4v) is 2.53. The van der Waals surface area contributed by atoms with Crippen molar-refractivity contribution in [2.45, 2.75) is 25.3 Å². The SMILES string of the molecule is CN1CCC(N2CCC[N]CC2)CC1. The first-order chi connectivity index (χ1) is 6.86. The average Bonchev–Trinajstić information content (AvgIpc) is 2.47. The van der Waals surface area contributed by atoms with Crippen molar-refractivity contribution in [1.29, 1.82) is 0 Å². The van der Waals surface area contributed by atoms with E-state index < -0.39 is 0 Å². The average molecular weight is 196 g/mol. The van der Waals surface area contributed by atoms with E-state index in [0.717, 1.165) is 19.1 Å². The van der Waals surface area contributed by atoms with Crippen LogP contribution in [0.25, 0.3) is 0 Å². The summed E-state index contributed by atoms with van der Waals surface area (Å²) in [5, 5.41) is 4.48. The number of likely N-dealkylation sites (tertiary alicyclic amines) is 1. The molecule has 0 N–H and O–H groups in total. The Morgan fingerprint density at radius 1 is 1.00 bits per heavy atom. The Labute approximate surface area is 87.4 Å². The lowest BCUT2D eigenvalue weighted by molar-refractivity contribution is 0.127. The van der Waals surface area contributed by atoms with Gasteiger partial charge in [0.15, 0.2) is 0 Å². The summed E-state index contributed by atoms with van der Waals surface area (Å²) in [7, 11) is 2.23. The summed E-state index contributed by atoms with van der Waals surface area (Å²) in [5.41, 5.74) is 0. The van der Waals surface area contributed by atoms with Gasteiger partial charge in [0.1, 0.15) is 0 Å². The zero-order valence-corrected chi connectivity index (χ0v) is 9.28. The number of rotatable bonds is 1. The van der Waals surface area contributed by atoms with Gasteiger partial charge in [0, 0.05) is 25.7 Å². The van der Waals surface area contributed by atoms with E-state index in [-0.39, 0.29) is 0 Å². The maximum Gasteiger partial charge on any atom is 0.0261 e. The minimum absolute atomic E-state index is 0.847. The standard InChI is InChI=1S/C11H22N3/c1-13-8-3-11(4-9-13)14-7-2-5-12-6-10-14/h11H,2-10H2,1H3. The smallest absolute Gasteiger partial charge is 0.0261 e. The molecule has 81 valence electrons. The molecule has 2 heterocycles. The van der Waals surface area contributed by atoms with E-state index in [0.29, 0.717) is 0 Å². The summed E-state index contributed by atoms with van der Waals surface area (Å²) < 4.78 is 0. The molecule has 3 nitrogen and oxygen atoms in total. The van der Waals surface area contributed by atoms with Crippen LogP contribution in [0.4, 0.5) is 0 Å². The number of hydrogen-bond donors (Lipinski definition) is 0. The van der Waals surface area contributed by atoms with Crippen LogP contribution in [-0.4, -0.2) is 62.2 Å². The molecule has 2 aliphatic rings. The second-order valence-corrected chi connectivity index (χ2v) is 4.59. The van der Waals surface area contributed by atoms with Gasteiger partial charge in [-0.2, -0.15) is 0 Å². The molecule has 0 aromatic rings. The van der Waals surface area contributed by atoms with Crippen molar-refractivity contribution in [2.24, 2.45) is 0 Å². The minimum Gasteiger partial charge on any atom is -0.306 e. The Morgan fingerprint density at radius 3 is 2.57 bits per heavy atom. The quantitative estimate of drug-likeness (QED) is 0.605. The second kappa shape index (κ2) is 5.10. The summed E-state index contributed by atoms with van der Waals surface area (Å²) in [5.74, 6) is 0. The van der Waals surface area contributed by atoms with Crippen molar-refractivity contribution in [1.82, 2.24) is 15.1 Å². The van der Waals surface area contributed by atoms with E-state index in [1.54, 1.807) is 0 Å². The molecule has 2 aliphatic heterocycles. The Hall–Kier alpha value is -0.120. The van der Waals surface area contributed by atoms with E-state index in [1.165, 1.54) is 45.4 Å². The molecule has 0 aromatic heterocycles. The van der Waals surface area contributed by atoms with Crippen LogP contribution in [0.5, 0.6) is 0 Å². The van der Waals surface area contributed by atoms with Gasteiger partial charge in [-0.25, -0.2) is 5.32 Å². The Bertz CT molecular complexity index is 156. The monoisotopic (exact) mass is 196 g/mol. The summed E-state index contributed by atoms with van der Waals surface area (Å²) in [6, 6.07) is 0.847. The van der Waals surface area contributed by atoms with Gasteiger partial charge in [-0.3, -0.25) is 4.90 Å². The van der Waals surface area contributed by atoms with Crippen molar-refractivity contribution in [3.05, 3.63) is 0 Å². The van der Waals surface area contributed by atoms with E-state index in [9.17, 15) is 0 Å². The van der Waals surface area contributed by atoms with Crippen LogP contribution in [0.15, 0.2) is 0 Å². The third kappa shape index (κ3) is 2.69. The molecule has 1 radical (unpaired) electrons. The lowest BCUT2D eigenvalue weighted by Gasteiger charge is -2.36. The van der Waals surface area contributed by atoms with E-state index in [2.05, 4.69) is 22.2 Å². The van der Waals surface area contributed by atoms with Gasteiger partial charge in [0.05, 0.1) is 0 Å². The lowest BCUT2D eigenvalue weighted by Crippen LogP contribution is -2.44. The van der Waals surface area contributed by atoms with Crippen LogP contribution in [0, 0.1) is 0 Å². The molecular weight excluding hydrogens is 174 g/mol. The van der Waals surface area contributed by atoms with Crippen LogP contribution >= 0.6 is 0 Å². The van der Waals surface area contributed by atoms with Crippen LogP contribution in [0.3, 0.4) is 0 Å². The number of piperidine rings is 1. The van der Waals surface area contributed by atoms with Gasteiger partial charge in [-0.05, 0) is 45.9 Å². The van der Waals surface area contributed by atoms with Crippen LogP contribution in [0.1, 0.15) is 19.3 Å². The molecule has 0 aliphatic carbocycles. The molecule has 2 rings (SSSR count). The zero-order chi connectivity index (χ0) is 9.80. The van der Waals surface area contributed by atoms with E-state index in [4.69, 9.17) is 0 Å². The molecule has 2 saturated heterocycles. The van der Waals surface area contributed by atoms with Crippen LogP contribution in [0.2, 0.25) is 0 Å². The fourth-order valence-electron chi connectivity index (χ4n) is 2.53. The maximum atomic E-state index is 4.48. The molecule has 0 atom stereocenters. The number of hydrogen-bond acceptors (Lipinski definition) is 2. The van der Waals surface area contributed by atoms with Gasteiger partial charge >= 0.3 is 0 Å². The molecule has 0 bridgehead atoms. The van der Waals surface area contributed by atoms with E-state index >= 15 is 0 Å². The first-order valence-corrected chi connectivity index (χ1v) is 5.92. The van der Waals surface area contributed by atoms with Crippen LogP contribution in [-0.2, 0) is 0 Å². The third-order valence-corrected chi connectivity index (χ3v) is 3.51. The Kier molecular flexibility index (Phi) is 3.79. The molecule has 0 saturated carbocycles. The van der Waals surface area contributed by atoms with Gasteiger partial charge < -0.3 is 4.90 Å². The highest BCUT2D eigenvalue weighted by Gasteiger charge is 2.23. The molecular formula is C11H22N3. The van der Waals surface area contributed by atoms with Crippen molar-refractivity contribution < 1.29 is 0 Å². The molecule has 2 fully saturated rings. The molecule has 14 heavy (non-hydrogen) atoms. The van der Waals surface area contributed by atoms with Crippen molar-refractivity contribution in [3.63, 3.8) is 0 Å². The Morgan fingerprint density at radius 2 is 1.79 bits per heavy atom. The molecule has 3 heteroatoms. The highest BCUT2D eigenvalue weighted by Crippen LogP contribution is 2.16. The number of nitrogens with zero attached hydrogens (tertiary/aromatic N) is 3. The van der Waals surface area contributed by atoms with E-state index in [1.807, 2.05) is 0 Å². The highest BCUT2D eigenvalue weighted by molar-refractivity contribution is 4.80. The first kappa shape index (κ1) is 10.4. The third-order valence-electron chi connectivity index (χ3n) is 3.51. The van der Waals surface area contributed by atoms with Gasteiger partial charge in [-0.1, -0.05) is 0 Å². The summed E-state index contributed by atoms with van der Waals surface area (Å²) in [4.78, 5) is 5.11. The normalized spacial score (nSPS) is 28.9. The highest BCUT2D eigenvalue weighted by atomic mass is 15.2. The largest absolute Gasteiger partial charge is 0.306 e. The molecule has 0 spiro atoms. The molecule has 0 amide bonds. The zero-order valence-electron chi connectivity index (χ0n) is 9.28. The minimum atomic E-state index is 0.847. The fraction of sp³-hybridized carbons (Fsp3) is 1.00. The Balaban J connectivity index is 1.81. The summed E-state index contributed by atoms with van der Waals surface area (Å²) >= 11 is 0. The van der Waals surface area contributed by atoms with Crippen molar-refractivity contribution in [2.75, 3.05) is 46.3 Å².